The van der Waals surface area contributed by atoms with Gasteiger partial charge >= 0.3 is 11.9 Å². The second-order valence-electron chi connectivity index (χ2n) is 14.6. The van der Waals surface area contributed by atoms with Crippen molar-refractivity contribution in [1.82, 2.24) is 10.3 Å². The molecule has 0 aliphatic carbocycles. The molecule has 4 aliphatic rings. The number of aliphatic imine (C=N–C) groups is 2. The molecule has 8 nitrogen and oxygen atoms in total. The molecule has 258 valence electrons. The maximum Gasteiger partial charge on any atom is 0.335 e. The molecule has 0 spiro atoms. The summed E-state index contributed by atoms with van der Waals surface area (Å²) >= 11 is 0. The molecule has 7 rings (SSSR count). The van der Waals surface area contributed by atoms with Crippen LogP contribution in [0.15, 0.2) is 92.0 Å². The van der Waals surface area contributed by atoms with Crippen LogP contribution in [0.3, 0.4) is 0 Å². The zero-order chi connectivity index (χ0) is 35.8. The summed E-state index contributed by atoms with van der Waals surface area (Å²) in [4.78, 5) is 40.0. The van der Waals surface area contributed by atoms with Crippen molar-refractivity contribution in [3.8, 4) is 0 Å². The molecule has 4 aliphatic heterocycles. The molecular formula is C42H46N4O4. The van der Waals surface area contributed by atoms with Crippen LogP contribution >= 0.6 is 0 Å². The second kappa shape index (κ2) is 12.5. The summed E-state index contributed by atoms with van der Waals surface area (Å²) in [6.45, 7) is 17.1. The number of nitrogens with one attached hydrogen (secondary N) is 2. The van der Waals surface area contributed by atoms with E-state index in [2.05, 4.69) is 65.7 Å². The first-order valence-electron chi connectivity index (χ1n) is 17.6. The van der Waals surface area contributed by atoms with Gasteiger partial charge in [-0.3, -0.25) is 9.98 Å². The predicted molar refractivity (Wildman–Crippen MR) is 198 cm³/mol. The van der Waals surface area contributed by atoms with Crippen molar-refractivity contribution in [2.24, 2.45) is 9.98 Å². The Morgan fingerprint density at radius 3 is 1.90 bits per heavy atom. The molecule has 0 saturated carbocycles. The fourth-order valence-corrected chi connectivity index (χ4v) is 8.79. The van der Waals surface area contributed by atoms with Gasteiger partial charge in [-0.2, -0.15) is 0 Å². The molecule has 3 aromatic rings. The summed E-state index contributed by atoms with van der Waals surface area (Å²) in [5, 5.41) is 24.6. The topological polar surface area (TPSA) is 127 Å². The van der Waals surface area contributed by atoms with E-state index in [-0.39, 0.29) is 41.6 Å². The van der Waals surface area contributed by atoms with Gasteiger partial charge in [-0.05, 0) is 112 Å². The Kier molecular flexibility index (Phi) is 8.42. The number of H-pyrrole nitrogens is 1. The fraction of sp³-hybridized carbons (Fsp3) is 0.381. The second-order valence-corrected chi connectivity index (χ2v) is 14.6. The van der Waals surface area contributed by atoms with E-state index in [0.717, 1.165) is 61.8 Å². The largest absolute Gasteiger partial charge is 0.478 e. The van der Waals surface area contributed by atoms with E-state index in [4.69, 9.17) is 9.98 Å². The lowest BCUT2D eigenvalue weighted by Crippen LogP contribution is -2.41. The predicted octanol–water partition coefficient (Wildman–Crippen LogP) is 7.89. The Morgan fingerprint density at radius 2 is 1.28 bits per heavy atom. The number of hydrogen-bond acceptors (Lipinski definition) is 5. The first kappa shape index (κ1) is 33.7. The van der Waals surface area contributed by atoms with E-state index in [1.54, 1.807) is 24.3 Å². The number of carboxylic acid groups (broad SMARTS) is 2. The number of nitrogens with zero attached hydrogens (tertiary/aromatic N) is 2. The molecule has 0 radical (unpaired) electrons. The number of fused-ring (bicyclic) bond motifs is 6. The highest BCUT2D eigenvalue weighted by Gasteiger charge is 2.43. The Morgan fingerprint density at radius 1 is 0.680 bits per heavy atom. The van der Waals surface area contributed by atoms with Crippen molar-refractivity contribution in [2.75, 3.05) is 0 Å². The standard InChI is InChI=1S/C42H46N4O4/c1-19-23(5)37-35(27-13-9-11-15-29(27)41(47)48)38-25(7)21(3)33(45-38)18-34-22(4)26(8)40(46-34)36(28-14-10-12-16-30(28)42(49)50)39-24(6)20(2)32(44-39)17-31(19)43-37/h9-16,31,33,35-37,39,43,46H,17-18H2,1-8H3,(H,47,48)(H,49,50). The van der Waals surface area contributed by atoms with Crippen molar-refractivity contribution in [1.29, 1.82) is 0 Å². The molecular weight excluding hydrogens is 624 g/mol. The van der Waals surface area contributed by atoms with Crippen LogP contribution in [-0.2, 0) is 6.42 Å². The van der Waals surface area contributed by atoms with Gasteiger partial charge in [0.15, 0.2) is 0 Å². The van der Waals surface area contributed by atoms with Gasteiger partial charge in [0.2, 0.25) is 0 Å². The molecule has 6 atom stereocenters. The number of aromatic amines is 1. The van der Waals surface area contributed by atoms with Crippen LogP contribution in [0.25, 0.3) is 0 Å². The zero-order valence-electron chi connectivity index (χ0n) is 30.1. The smallest absolute Gasteiger partial charge is 0.335 e. The van der Waals surface area contributed by atoms with Crippen molar-refractivity contribution in [3.05, 3.63) is 127 Å². The van der Waals surface area contributed by atoms with E-state index in [1.807, 2.05) is 24.3 Å². The third kappa shape index (κ3) is 5.23. The van der Waals surface area contributed by atoms with Crippen molar-refractivity contribution in [3.63, 3.8) is 0 Å². The van der Waals surface area contributed by atoms with Crippen molar-refractivity contribution < 1.29 is 19.8 Å². The Balaban J connectivity index is 1.47. The van der Waals surface area contributed by atoms with Crippen LogP contribution in [-0.4, -0.2) is 62.7 Å². The van der Waals surface area contributed by atoms with Gasteiger partial charge in [-0.25, -0.2) is 9.59 Å². The zero-order valence-corrected chi connectivity index (χ0v) is 30.1. The van der Waals surface area contributed by atoms with Gasteiger partial charge in [-0.1, -0.05) is 47.5 Å². The molecule has 0 saturated heterocycles. The molecule has 0 amide bonds. The van der Waals surface area contributed by atoms with Gasteiger partial charge in [0, 0.05) is 53.7 Å². The van der Waals surface area contributed by atoms with Crippen molar-refractivity contribution in [2.45, 2.75) is 104 Å². The SMILES string of the molecule is CC1=C(C)C2Cc3[nH]c(c(C)c3C)C(c3ccccc3C(=O)O)C3N=C(CC4NC(C(C)=C4C)C(c4ccccc4C(=O)O)C1=N2)C(C)=C3C. The minimum atomic E-state index is -0.949. The van der Waals surface area contributed by atoms with Crippen LogP contribution in [0, 0.1) is 13.8 Å². The molecule has 6 unspecified atom stereocenters. The monoisotopic (exact) mass is 670 g/mol. The fourth-order valence-electron chi connectivity index (χ4n) is 8.79. The van der Waals surface area contributed by atoms with Crippen LogP contribution in [0.1, 0.15) is 114 Å². The molecule has 8 heteroatoms. The number of hydrogen-bond donors (Lipinski definition) is 4. The van der Waals surface area contributed by atoms with Gasteiger partial charge in [-0.15, -0.1) is 0 Å². The molecule has 50 heavy (non-hydrogen) atoms. The summed E-state index contributed by atoms with van der Waals surface area (Å²) < 4.78 is 0. The molecule has 2 aromatic carbocycles. The van der Waals surface area contributed by atoms with Gasteiger partial charge in [0.25, 0.3) is 0 Å². The molecule has 0 fully saturated rings. The highest BCUT2D eigenvalue weighted by atomic mass is 16.4. The summed E-state index contributed by atoms with van der Waals surface area (Å²) in [5.74, 6) is -2.52. The lowest BCUT2D eigenvalue weighted by molar-refractivity contribution is 0.0684. The third-order valence-corrected chi connectivity index (χ3v) is 12.3. The number of allylic oxidation sites excluding steroid dienone is 2. The van der Waals surface area contributed by atoms with Gasteiger partial charge < -0.3 is 20.5 Å². The van der Waals surface area contributed by atoms with Crippen LogP contribution in [0.5, 0.6) is 0 Å². The molecule has 5 heterocycles. The van der Waals surface area contributed by atoms with Crippen LogP contribution in [0.4, 0.5) is 0 Å². The number of rotatable bonds is 4. The number of carboxylic acids is 2. The molecule has 4 N–H and O–H groups in total. The summed E-state index contributed by atoms with van der Waals surface area (Å²) in [5.41, 5.74) is 15.3. The van der Waals surface area contributed by atoms with E-state index in [0.29, 0.717) is 18.4 Å². The maximum atomic E-state index is 12.6. The normalized spacial score (nSPS) is 26.5. The number of aromatic carboxylic acids is 2. The Hall–Kier alpha value is -4.82. The minimum absolute atomic E-state index is 0.0124. The Labute approximate surface area is 293 Å². The highest BCUT2D eigenvalue weighted by Crippen LogP contribution is 2.44. The highest BCUT2D eigenvalue weighted by molar-refractivity contribution is 6.09. The van der Waals surface area contributed by atoms with E-state index < -0.39 is 11.9 Å². The first-order chi connectivity index (χ1) is 23.8. The van der Waals surface area contributed by atoms with E-state index in [1.165, 1.54) is 16.7 Å². The third-order valence-electron chi connectivity index (χ3n) is 12.3. The molecule has 1 aromatic heterocycles. The van der Waals surface area contributed by atoms with Crippen molar-refractivity contribution >= 4 is 23.4 Å². The average molecular weight is 671 g/mol. The quantitative estimate of drug-likeness (QED) is 0.210. The minimum Gasteiger partial charge on any atom is -0.478 e. The number of aromatic nitrogens is 1. The van der Waals surface area contributed by atoms with E-state index >= 15 is 0 Å². The van der Waals surface area contributed by atoms with Crippen LogP contribution in [0.2, 0.25) is 0 Å². The maximum absolute atomic E-state index is 12.6. The number of benzene rings is 2. The molecule has 8 bridgehead atoms. The lowest BCUT2D eigenvalue weighted by atomic mass is 9.79. The van der Waals surface area contributed by atoms with Gasteiger partial charge in [0.1, 0.15) is 0 Å². The summed E-state index contributed by atoms with van der Waals surface area (Å²) in [6.07, 6.45) is 1.30. The summed E-state index contributed by atoms with van der Waals surface area (Å²) in [6, 6.07) is 14.1. The Bertz CT molecular complexity index is 2130. The lowest BCUT2D eigenvalue weighted by Gasteiger charge is -2.29. The first-order valence-corrected chi connectivity index (χ1v) is 17.6. The van der Waals surface area contributed by atoms with Crippen LogP contribution < -0.4 is 5.32 Å². The summed E-state index contributed by atoms with van der Waals surface area (Å²) in [7, 11) is 0. The van der Waals surface area contributed by atoms with E-state index in [9.17, 15) is 19.8 Å². The van der Waals surface area contributed by atoms with Gasteiger partial charge in [0.05, 0.1) is 29.1 Å². The average Bonchev–Trinajstić information content (AvgIpc) is 3.73. The number of carbonyl (C=O) groups is 2.